The van der Waals surface area contributed by atoms with Crippen molar-refractivity contribution < 1.29 is 22.8 Å². The van der Waals surface area contributed by atoms with Crippen LogP contribution in [0, 0.1) is 6.92 Å². The SMILES string of the molecule is CC(=O)c1cccc(N(CC(=O)N(Cc2ccccc2C)C(Cc2ccccc2)C(=O)NC(C)(C)C)S(C)(=O)=O)c1. The van der Waals surface area contributed by atoms with E-state index in [1.807, 2.05) is 82.3 Å². The molecule has 0 aromatic heterocycles. The molecule has 0 radical (unpaired) electrons. The number of Topliss-reactive ketones (excluding diaryl/α,β-unsaturated/α-hetero) is 1. The second-order valence-corrected chi connectivity index (χ2v) is 13.2. The summed E-state index contributed by atoms with van der Waals surface area (Å²) in [4.78, 5) is 41.4. The van der Waals surface area contributed by atoms with Gasteiger partial charge in [-0.3, -0.25) is 18.7 Å². The lowest BCUT2D eigenvalue weighted by molar-refractivity contribution is -0.140. The molecule has 2 amide bonds. The number of nitrogens with zero attached hydrogens (tertiary/aromatic N) is 2. The number of ketones is 1. The highest BCUT2D eigenvalue weighted by Crippen LogP contribution is 2.23. The van der Waals surface area contributed by atoms with Crippen molar-refractivity contribution in [1.29, 1.82) is 0 Å². The first-order chi connectivity index (χ1) is 19.2. The first-order valence-corrected chi connectivity index (χ1v) is 15.3. The average Bonchev–Trinajstić information content (AvgIpc) is 2.89. The highest BCUT2D eigenvalue weighted by Gasteiger charge is 2.34. The molecule has 0 heterocycles. The van der Waals surface area contributed by atoms with Crippen LogP contribution in [0.5, 0.6) is 0 Å². The Kier molecular flexibility index (Phi) is 10.1. The van der Waals surface area contributed by atoms with Crippen molar-refractivity contribution in [2.24, 2.45) is 0 Å². The first kappa shape index (κ1) is 31.5. The van der Waals surface area contributed by atoms with Gasteiger partial charge in [-0.15, -0.1) is 0 Å². The molecule has 3 rings (SSSR count). The van der Waals surface area contributed by atoms with Crippen LogP contribution < -0.4 is 9.62 Å². The van der Waals surface area contributed by atoms with Gasteiger partial charge in [0.1, 0.15) is 12.6 Å². The number of carbonyl (C=O) groups is 3. The predicted molar refractivity (Wildman–Crippen MR) is 162 cm³/mol. The van der Waals surface area contributed by atoms with Gasteiger partial charge in [0, 0.05) is 24.1 Å². The number of hydrogen-bond donors (Lipinski definition) is 1. The van der Waals surface area contributed by atoms with Gasteiger partial charge in [-0.25, -0.2) is 8.42 Å². The van der Waals surface area contributed by atoms with E-state index in [4.69, 9.17) is 0 Å². The van der Waals surface area contributed by atoms with Crippen LogP contribution >= 0.6 is 0 Å². The minimum atomic E-state index is -3.93. The van der Waals surface area contributed by atoms with Crippen LogP contribution in [0.1, 0.15) is 54.7 Å². The number of rotatable bonds is 11. The van der Waals surface area contributed by atoms with Gasteiger partial charge in [0.25, 0.3) is 0 Å². The lowest BCUT2D eigenvalue weighted by Gasteiger charge is -2.35. The molecule has 1 N–H and O–H groups in total. The lowest BCUT2D eigenvalue weighted by atomic mass is 10.00. The normalized spacial score (nSPS) is 12.3. The molecule has 0 aliphatic carbocycles. The third-order valence-corrected chi connectivity index (χ3v) is 7.73. The second kappa shape index (κ2) is 13.1. The summed E-state index contributed by atoms with van der Waals surface area (Å²) in [6, 6.07) is 22.2. The zero-order chi connectivity index (χ0) is 30.4. The molecular formula is C32H39N3O5S. The van der Waals surface area contributed by atoms with Gasteiger partial charge in [-0.05, 0) is 63.4 Å². The monoisotopic (exact) mass is 577 g/mol. The number of carbonyl (C=O) groups excluding carboxylic acids is 3. The molecule has 0 spiro atoms. The highest BCUT2D eigenvalue weighted by molar-refractivity contribution is 7.92. The van der Waals surface area contributed by atoms with Gasteiger partial charge in [0.05, 0.1) is 11.9 Å². The van der Waals surface area contributed by atoms with Gasteiger partial charge in [0.2, 0.25) is 21.8 Å². The van der Waals surface area contributed by atoms with E-state index in [9.17, 15) is 22.8 Å². The number of anilines is 1. The molecule has 0 bridgehead atoms. The maximum absolute atomic E-state index is 14.2. The minimum Gasteiger partial charge on any atom is -0.350 e. The summed E-state index contributed by atoms with van der Waals surface area (Å²) < 4.78 is 26.9. The number of sulfonamides is 1. The zero-order valence-corrected chi connectivity index (χ0v) is 25.4. The summed E-state index contributed by atoms with van der Waals surface area (Å²) >= 11 is 0. The summed E-state index contributed by atoms with van der Waals surface area (Å²) in [6.45, 7) is 8.48. The number of nitrogens with one attached hydrogen (secondary N) is 1. The van der Waals surface area contributed by atoms with Crippen molar-refractivity contribution in [1.82, 2.24) is 10.2 Å². The highest BCUT2D eigenvalue weighted by atomic mass is 32.2. The largest absolute Gasteiger partial charge is 0.350 e. The van der Waals surface area contributed by atoms with Crippen molar-refractivity contribution in [3.63, 3.8) is 0 Å². The van der Waals surface area contributed by atoms with Gasteiger partial charge >= 0.3 is 0 Å². The van der Waals surface area contributed by atoms with E-state index in [1.165, 1.54) is 17.9 Å². The smallest absolute Gasteiger partial charge is 0.244 e. The van der Waals surface area contributed by atoms with Gasteiger partial charge in [0.15, 0.2) is 5.78 Å². The number of benzene rings is 3. The molecule has 0 fully saturated rings. The van der Waals surface area contributed by atoms with E-state index in [0.717, 1.165) is 27.3 Å². The van der Waals surface area contributed by atoms with Gasteiger partial charge in [-0.1, -0.05) is 66.7 Å². The quantitative estimate of drug-likeness (QED) is 0.338. The van der Waals surface area contributed by atoms with E-state index in [-0.39, 0.29) is 30.3 Å². The fourth-order valence-electron chi connectivity index (χ4n) is 4.47. The molecule has 1 atom stereocenters. The molecule has 0 saturated carbocycles. The zero-order valence-electron chi connectivity index (χ0n) is 24.5. The lowest BCUT2D eigenvalue weighted by Crippen LogP contribution is -2.56. The Morgan fingerprint density at radius 1 is 0.902 bits per heavy atom. The van der Waals surface area contributed by atoms with Crippen molar-refractivity contribution in [2.75, 3.05) is 17.1 Å². The van der Waals surface area contributed by atoms with Crippen LogP contribution in [0.3, 0.4) is 0 Å². The van der Waals surface area contributed by atoms with Crippen molar-refractivity contribution >= 4 is 33.3 Å². The summed E-state index contributed by atoms with van der Waals surface area (Å²) in [5.41, 5.74) is 2.60. The third kappa shape index (κ3) is 9.01. The Bertz CT molecular complexity index is 1500. The van der Waals surface area contributed by atoms with Crippen LogP contribution in [-0.4, -0.2) is 55.3 Å². The van der Waals surface area contributed by atoms with Crippen LogP contribution in [0.15, 0.2) is 78.9 Å². The topological polar surface area (TPSA) is 104 Å². The molecule has 1 unspecified atom stereocenters. The average molecular weight is 578 g/mol. The van der Waals surface area contributed by atoms with E-state index < -0.39 is 34.1 Å². The van der Waals surface area contributed by atoms with E-state index in [1.54, 1.807) is 18.2 Å². The Morgan fingerprint density at radius 3 is 2.12 bits per heavy atom. The Morgan fingerprint density at radius 2 is 1.54 bits per heavy atom. The van der Waals surface area contributed by atoms with Crippen LogP contribution in [0.4, 0.5) is 5.69 Å². The standard InChI is InChI=1S/C32H39N3O5S/c1-23-13-10-11-16-27(23)21-34(29(31(38)33-32(3,4)5)19-25-14-8-7-9-15-25)30(37)22-35(41(6,39)40)28-18-12-17-26(20-28)24(2)36/h7-18,20,29H,19,21-22H2,1-6H3,(H,33,38). The summed E-state index contributed by atoms with van der Waals surface area (Å²) in [5, 5.41) is 3.01. The van der Waals surface area contributed by atoms with Crippen molar-refractivity contribution in [2.45, 2.75) is 59.2 Å². The molecule has 8 nitrogen and oxygen atoms in total. The Labute approximate surface area is 243 Å². The maximum atomic E-state index is 14.2. The fourth-order valence-corrected chi connectivity index (χ4v) is 5.31. The summed E-state index contributed by atoms with van der Waals surface area (Å²) in [7, 11) is -3.93. The maximum Gasteiger partial charge on any atom is 0.244 e. The van der Waals surface area contributed by atoms with Crippen LogP contribution in [-0.2, 0) is 32.6 Å². The van der Waals surface area contributed by atoms with Crippen molar-refractivity contribution in [3.8, 4) is 0 Å². The molecule has 41 heavy (non-hydrogen) atoms. The molecule has 218 valence electrons. The number of aryl methyl sites for hydroxylation is 1. The van der Waals surface area contributed by atoms with Crippen LogP contribution in [0.25, 0.3) is 0 Å². The summed E-state index contributed by atoms with van der Waals surface area (Å²) in [5.74, 6) is -1.11. The number of amides is 2. The molecule has 0 aliphatic rings. The van der Waals surface area contributed by atoms with Crippen molar-refractivity contribution in [3.05, 3.63) is 101 Å². The molecular weight excluding hydrogens is 538 g/mol. The van der Waals surface area contributed by atoms with E-state index >= 15 is 0 Å². The second-order valence-electron chi connectivity index (χ2n) is 11.3. The Hall–Kier alpha value is -3.98. The first-order valence-electron chi connectivity index (χ1n) is 13.4. The van der Waals surface area contributed by atoms with Crippen LogP contribution in [0.2, 0.25) is 0 Å². The van der Waals surface area contributed by atoms with E-state index in [0.29, 0.717) is 5.56 Å². The molecule has 3 aromatic carbocycles. The van der Waals surface area contributed by atoms with Gasteiger partial charge in [-0.2, -0.15) is 0 Å². The predicted octanol–water partition coefficient (Wildman–Crippen LogP) is 4.52. The molecule has 0 saturated heterocycles. The third-order valence-electron chi connectivity index (χ3n) is 6.59. The number of hydrogen-bond acceptors (Lipinski definition) is 5. The molecule has 9 heteroatoms. The molecule has 3 aromatic rings. The van der Waals surface area contributed by atoms with E-state index in [2.05, 4.69) is 5.32 Å². The van der Waals surface area contributed by atoms with Gasteiger partial charge < -0.3 is 10.2 Å². The fraction of sp³-hybridized carbons (Fsp3) is 0.344. The minimum absolute atomic E-state index is 0.103. The Balaban J connectivity index is 2.10. The molecule has 0 aliphatic heterocycles. The summed E-state index contributed by atoms with van der Waals surface area (Å²) in [6.07, 6.45) is 1.25.